The number of carboxylic acid groups (broad SMARTS) is 1. The summed E-state index contributed by atoms with van der Waals surface area (Å²) in [6.45, 7) is 3.76. The molecular weight excluding hydrogens is 580 g/mol. The number of benzene rings is 1. The predicted octanol–water partition coefficient (Wildman–Crippen LogP) is 0.813. The van der Waals surface area contributed by atoms with Crippen LogP contribution in [0.3, 0.4) is 0 Å². The molecule has 0 radical (unpaired) electrons. The Hall–Kier alpha value is -5.48. The van der Waals surface area contributed by atoms with Gasteiger partial charge in [0.2, 0.25) is 11.8 Å². The molecule has 0 saturated heterocycles. The molecule has 0 aliphatic carbocycles. The van der Waals surface area contributed by atoms with Crippen molar-refractivity contribution in [2.45, 2.75) is 45.9 Å². The summed E-state index contributed by atoms with van der Waals surface area (Å²) in [6, 6.07) is 9.05. The maximum absolute atomic E-state index is 13.0. The Morgan fingerprint density at radius 3 is 2.43 bits per heavy atom. The first kappa shape index (κ1) is 33.0. The van der Waals surface area contributed by atoms with Crippen molar-refractivity contribution in [1.82, 2.24) is 35.1 Å². The van der Waals surface area contributed by atoms with Crippen molar-refractivity contribution in [1.29, 1.82) is 0 Å². The highest BCUT2D eigenvalue weighted by molar-refractivity contribution is 5.97. The van der Waals surface area contributed by atoms with Gasteiger partial charge in [0.1, 0.15) is 36.6 Å². The van der Waals surface area contributed by atoms with Crippen molar-refractivity contribution in [3.05, 3.63) is 52.7 Å². The number of imidazole rings is 1. The zero-order chi connectivity index (χ0) is 32.3. The van der Waals surface area contributed by atoms with Crippen LogP contribution in [0.25, 0.3) is 11.2 Å². The molecule has 236 valence electrons. The smallest absolute Gasteiger partial charge is 0.407 e. The Morgan fingerprint density at radius 2 is 1.75 bits per heavy atom. The minimum absolute atomic E-state index is 0.0397. The van der Waals surface area contributed by atoms with E-state index in [9.17, 15) is 33.9 Å². The number of alkyl carbamates (subject to hydrolysis) is 2. The number of aliphatic carboxylic acids is 1. The second-order valence-corrected chi connectivity index (χ2v) is 10.4. The number of carbonyl (C=O) groups excluding carboxylic acids is 4. The standard InChI is InChI=1S/C27H34N8O9/c1-27(2,3)44-26(42)29-11-12-34(14-20(38)39)19(37)13-35-16-30-21-22(32-24(40)33-23(21)35)31-18(36)9-10-28-25(41)43-15-17-7-5-4-6-8-17/h4-8,16H,9-15H2,1-3H3,(H,28,41)(H,29,42)(H,38,39)(H2,31,32,33,36,40). The van der Waals surface area contributed by atoms with E-state index in [1.807, 2.05) is 18.2 Å². The van der Waals surface area contributed by atoms with Crippen LogP contribution in [0.2, 0.25) is 0 Å². The highest BCUT2D eigenvalue weighted by atomic mass is 16.6. The molecule has 2 aromatic heterocycles. The van der Waals surface area contributed by atoms with E-state index >= 15 is 0 Å². The van der Waals surface area contributed by atoms with Crippen LogP contribution in [-0.4, -0.2) is 91.3 Å². The van der Waals surface area contributed by atoms with Gasteiger partial charge in [-0.15, -0.1) is 0 Å². The maximum atomic E-state index is 13.0. The number of amides is 4. The van der Waals surface area contributed by atoms with E-state index < -0.39 is 54.4 Å². The van der Waals surface area contributed by atoms with E-state index in [0.29, 0.717) is 0 Å². The van der Waals surface area contributed by atoms with Gasteiger partial charge in [-0.2, -0.15) is 4.98 Å². The fraction of sp³-hybridized carbons (Fsp3) is 0.407. The summed E-state index contributed by atoms with van der Waals surface area (Å²) in [6.07, 6.45) is -0.381. The molecule has 1 aromatic carbocycles. The number of carbonyl (C=O) groups is 5. The Kier molecular flexibility index (Phi) is 11.4. The fourth-order valence-electron chi connectivity index (χ4n) is 3.73. The van der Waals surface area contributed by atoms with Crippen molar-refractivity contribution < 1.29 is 38.6 Å². The molecule has 2 heterocycles. The van der Waals surface area contributed by atoms with Crippen molar-refractivity contribution in [3.63, 3.8) is 0 Å². The molecule has 0 aliphatic heterocycles. The van der Waals surface area contributed by atoms with E-state index in [-0.39, 0.29) is 49.6 Å². The number of aromatic amines is 1. The zero-order valence-corrected chi connectivity index (χ0v) is 24.4. The molecule has 3 rings (SSSR count). The fourth-order valence-corrected chi connectivity index (χ4v) is 3.73. The molecule has 0 unspecified atom stereocenters. The van der Waals surface area contributed by atoms with Crippen molar-refractivity contribution >= 4 is 47.0 Å². The molecule has 17 heteroatoms. The first-order valence-corrected chi connectivity index (χ1v) is 13.5. The number of rotatable bonds is 13. The van der Waals surface area contributed by atoms with Crippen LogP contribution in [-0.2, 0) is 37.0 Å². The first-order valence-electron chi connectivity index (χ1n) is 13.5. The SMILES string of the molecule is CC(C)(C)OC(=O)NCCN(CC(=O)O)C(=O)Cn1cnc2c(NC(=O)CCNC(=O)OCc3ccccc3)[nH]c(=O)nc21. The minimum Gasteiger partial charge on any atom is -0.480 e. The quantitative estimate of drug-likeness (QED) is 0.181. The number of nitrogens with one attached hydrogen (secondary N) is 4. The Balaban J connectivity index is 1.58. The number of aromatic nitrogens is 4. The number of hydrogen-bond donors (Lipinski definition) is 5. The van der Waals surface area contributed by atoms with Gasteiger partial charge >= 0.3 is 23.8 Å². The summed E-state index contributed by atoms with van der Waals surface area (Å²) in [5.41, 5.74) is -0.745. The molecule has 0 saturated carbocycles. The molecule has 44 heavy (non-hydrogen) atoms. The summed E-state index contributed by atoms with van der Waals surface area (Å²) in [4.78, 5) is 84.2. The van der Waals surface area contributed by atoms with Crippen molar-refractivity contribution in [2.75, 3.05) is 31.5 Å². The van der Waals surface area contributed by atoms with Gasteiger partial charge in [-0.3, -0.25) is 19.4 Å². The van der Waals surface area contributed by atoms with Crippen LogP contribution < -0.4 is 21.6 Å². The van der Waals surface area contributed by atoms with Crippen LogP contribution in [0.15, 0.2) is 41.5 Å². The third-order valence-corrected chi connectivity index (χ3v) is 5.62. The van der Waals surface area contributed by atoms with Gasteiger partial charge in [0.25, 0.3) is 0 Å². The van der Waals surface area contributed by atoms with Crippen LogP contribution in [0.5, 0.6) is 0 Å². The number of ether oxygens (including phenoxy) is 2. The first-order chi connectivity index (χ1) is 20.8. The van der Waals surface area contributed by atoms with Gasteiger partial charge in [-0.1, -0.05) is 30.3 Å². The number of H-pyrrole nitrogens is 1. The third-order valence-electron chi connectivity index (χ3n) is 5.62. The van der Waals surface area contributed by atoms with E-state index in [1.165, 1.54) is 10.9 Å². The van der Waals surface area contributed by atoms with Crippen LogP contribution >= 0.6 is 0 Å². The molecule has 3 aromatic rings. The number of nitrogens with zero attached hydrogens (tertiary/aromatic N) is 4. The van der Waals surface area contributed by atoms with Crippen molar-refractivity contribution in [2.24, 2.45) is 0 Å². The normalized spacial score (nSPS) is 11.0. The number of anilines is 1. The molecule has 5 N–H and O–H groups in total. The van der Waals surface area contributed by atoms with Gasteiger partial charge in [0.15, 0.2) is 5.65 Å². The maximum Gasteiger partial charge on any atom is 0.407 e. The largest absolute Gasteiger partial charge is 0.480 e. The molecule has 17 nitrogen and oxygen atoms in total. The van der Waals surface area contributed by atoms with Gasteiger partial charge in [0.05, 0.1) is 6.33 Å². The monoisotopic (exact) mass is 614 g/mol. The molecule has 0 aliphatic rings. The van der Waals surface area contributed by atoms with E-state index in [4.69, 9.17) is 9.47 Å². The lowest BCUT2D eigenvalue weighted by molar-refractivity contribution is -0.144. The lowest BCUT2D eigenvalue weighted by atomic mass is 10.2. The molecule has 0 atom stereocenters. The molecular formula is C27H34N8O9. The van der Waals surface area contributed by atoms with Crippen molar-refractivity contribution in [3.8, 4) is 0 Å². The summed E-state index contributed by atoms with van der Waals surface area (Å²) in [7, 11) is 0. The van der Waals surface area contributed by atoms with Crippen LogP contribution in [0.4, 0.5) is 15.4 Å². The zero-order valence-electron chi connectivity index (χ0n) is 24.4. The lowest BCUT2D eigenvalue weighted by Gasteiger charge is -2.23. The van der Waals surface area contributed by atoms with Crippen LogP contribution in [0, 0.1) is 0 Å². The average molecular weight is 615 g/mol. The minimum atomic E-state index is -1.27. The molecule has 0 bridgehead atoms. The van der Waals surface area contributed by atoms with Crippen LogP contribution in [0.1, 0.15) is 32.8 Å². The second-order valence-electron chi connectivity index (χ2n) is 10.4. The Labute approximate surface area is 250 Å². The van der Waals surface area contributed by atoms with E-state index in [2.05, 4.69) is 30.9 Å². The summed E-state index contributed by atoms with van der Waals surface area (Å²) < 4.78 is 11.4. The topological polar surface area (TPSA) is 227 Å². The van der Waals surface area contributed by atoms with Gasteiger partial charge in [-0.05, 0) is 26.3 Å². The Bertz CT molecular complexity index is 1550. The molecule has 4 amide bonds. The summed E-state index contributed by atoms with van der Waals surface area (Å²) in [5.74, 6) is -2.57. The highest BCUT2D eigenvalue weighted by Gasteiger charge is 2.21. The lowest BCUT2D eigenvalue weighted by Crippen LogP contribution is -2.43. The number of carboxylic acids is 1. The van der Waals surface area contributed by atoms with Gasteiger partial charge in [-0.25, -0.2) is 19.4 Å². The third kappa shape index (κ3) is 10.7. The number of hydrogen-bond acceptors (Lipinski definition) is 10. The van der Waals surface area contributed by atoms with Gasteiger partial charge in [0, 0.05) is 26.1 Å². The molecule has 0 spiro atoms. The Morgan fingerprint density at radius 1 is 1.05 bits per heavy atom. The number of fused-ring (bicyclic) bond motifs is 1. The van der Waals surface area contributed by atoms with E-state index in [0.717, 1.165) is 10.5 Å². The average Bonchev–Trinajstić information content (AvgIpc) is 3.33. The highest BCUT2D eigenvalue weighted by Crippen LogP contribution is 2.16. The van der Waals surface area contributed by atoms with E-state index in [1.54, 1.807) is 32.9 Å². The summed E-state index contributed by atoms with van der Waals surface area (Å²) in [5, 5.41) is 16.7. The summed E-state index contributed by atoms with van der Waals surface area (Å²) >= 11 is 0. The second kappa shape index (κ2) is 15.1. The predicted molar refractivity (Wildman–Crippen MR) is 154 cm³/mol. The molecule has 0 fully saturated rings. The van der Waals surface area contributed by atoms with Gasteiger partial charge < -0.3 is 40.0 Å².